The van der Waals surface area contributed by atoms with Gasteiger partial charge in [0.15, 0.2) is 0 Å². The Kier molecular flexibility index (Phi) is 4.45. The summed E-state index contributed by atoms with van der Waals surface area (Å²) >= 11 is 0. The van der Waals surface area contributed by atoms with Crippen molar-refractivity contribution in [2.45, 2.75) is 58.4 Å². The van der Waals surface area contributed by atoms with Gasteiger partial charge in [0, 0.05) is 11.7 Å². The Hall–Kier alpha value is -1.25. The Labute approximate surface area is 110 Å². The van der Waals surface area contributed by atoms with Crippen LogP contribution >= 0.6 is 0 Å². The SMILES string of the molecule is CCCC1CCC(Nc2nc(C)ccc2N)CC1. The lowest BCUT2D eigenvalue weighted by molar-refractivity contribution is 0.318. The number of nitrogens with zero attached hydrogens (tertiary/aromatic N) is 1. The molecule has 18 heavy (non-hydrogen) atoms. The van der Waals surface area contributed by atoms with Crippen LogP contribution < -0.4 is 11.1 Å². The highest BCUT2D eigenvalue weighted by Crippen LogP contribution is 2.30. The van der Waals surface area contributed by atoms with Gasteiger partial charge in [-0.1, -0.05) is 19.8 Å². The largest absolute Gasteiger partial charge is 0.396 e. The van der Waals surface area contributed by atoms with Crippen molar-refractivity contribution < 1.29 is 0 Å². The summed E-state index contributed by atoms with van der Waals surface area (Å²) in [4.78, 5) is 4.49. The van der Waals surface area contributed by atoms with Crippen molar-refractivity contribution in [3.05, 3.63) is 17.8 Å². The zero-order chi connectivity index (χ0) is 13.0. The number of aryl methyl sites for hydroxylation is 1. The normalized spacial score (nSPS) is 23.9. The van der Waals surface area contributed by atoms with E-state index < -0.39 is 0 Å². The molecule has 0 bridgehead atoms. The molecule has 0 aliphatic heterocycles. The monoisotopic (exact) mass is 247 g/mol. The summed E-state index contributed by atoms with van der Waals surface area (Å²) in [5, 5.41) is 3.52. The van der Waals surface area contributed by atoms with Crippen molar-refractivity contribution in [1.29, 1.82) is 0 Å². The van der Waals surface area contributed by atoms with E-state index in [0.717, 1.165) is 23.1 Å². The van der Waals surface area contributed by atoms with Crippen molar-refractivity contribution in [1.82, 2.24) is 4.98 Å². The minimum absolute atomic E-state index is 0.551. The van der Waals surface area contributed by atoms with Crippen LogP contribution in [-0.4, -0.2) is 11.0 Å². The van der Waals surface area contributed by atoms with Crippen LogP contribution in [0.4, 0.5) is 11.5 Å². The minimum atomic E-state index is 0.551. The summed E-state index contributed by atoms with van der Waals surface area (Å²) in [6.07, 6.45) is 7.89. The van der Waals surface area contributed by atoms with Crippen molar-refractivity contribution in [2.75, 3.05) is 11.1 Å². The predicted octanol–water partition coefficient (Wildman–Crippen LogP) is 3.74. The van der Waals surface area contributed by atoms with Gasteiger partial charge < -0.3 is 11.1 Å². The Morgan fingerprint density at radius 1 is 1.28 bits per heavy atom. The van der Waals surface area contributed by atoms with Crippen molar-refractivity contribution in [3.8, 4) is 0 Å². The number of nitrogens with two attached hydrogens (primary N) is 1. The number of anilines is 2. The molecule has 0 aromatic carbocycles. The van der Waals surface area contributed by atoms with E-state index in [1.807, 2.05) is 19.1 Å². The molecular formula is C15H25N3. The Balaban J connectivity index is 1.89. The van der Waals surface area contributed by atoms with Gasteiger partial charge in [-0.2, -0.15) is 0 Å². The molecule has 0 unspecified atom stereocenters. The van der Waals surface area contributed by atoms with Crippen LogP contribution in [0.2, 0.25) is 0 Å². The summed E-state index contributed by atoms with van der Waals surface area (Å²) in [7, 11) is 0. The first-order valence-electron chi connectivity index (χ1n) is 7.18. The zero-order valence-electron chi connectivity index (χ0n) is 11.6. The molecule has 1 aromatic heterocycles. The summed E-state index contributed by atoms with van der Waals surface area (Å²) in [5.74, 6) is 1.81. The smallest absolute Gasteiger partial charge is 0.149 e. The number of pyridine rings is 1. The lowest BCUT2D eigenvalue weighted by atomic mass is 9.83. The van der Waals surface area contributed by atoms with Gasteiger partial charge in [-0.3, -0.25) is 0 Å². The molecule has 1 aliphatic rings. The second kappa shape index (κ2) is 6.07. The van der Waals surface area contributed by atoms with E-state index in [0.29, 0.717) is 6.04 Å². The maximum Gasteiger partial charge on any atom is 0.149 e. The van der Waals surface area contributed by atoms with Gasteiger partial charge in [0.05, 0.1) is 5.69 Å². The molecule has 1 fully saturated rings. The number of hydrogen-bond donors (Lipinski definition) is 2. The first-order valence-corrected chi connectivity index (χ1v) is 7.18. The molecule has 1 aromatic rings. The standard InChI is InChI=1S/C15H25N3/c1-3-4-12-6-8-13(9-7-12)18-15-14(16)10-5-11(2)17-15/h5,10,12-13H,3-4,6-9,16H2,1-2H3,(H,17,18). The van der Waals surface area contributed by atoms with Gasteiger partial charge in [0.1, 0.15) is 5.82 Å². The van der Waals surface area contributed by atoms with Gasteiger partial charge in [0.2, 0.25) is 0 Å². The Morgan fingerprint density at radius 2 is 2.00 bits per heavy atom. The third kappa shape index (κ3) is 3.37. The summed E-state index contributed by atoms with van der Waals surface area (Å²) in [5.41, 5.74) is 7.74. The van der Waals surface area contributed by atoms with Crippen molar-refractivity contribution in [2.24, 2.45) is 5.92 Å². The van der Waals surface area contributed by atoms with Gasteiger partial charge in [-0.15, -0.1) is 0 Å². The Morgan fingerprint density at radius 3 is 2.67 bits per heavy atom. The average molecular weight is 247 g/mol. The lowest BCUT2D eigenvalue weighted by Gasteiger charge is -2.29. The molecule has 1 saturated carbocycles. The second-order valence-corrected chi connectivity index (χ2v) is 5.54. The van der Waals surface area contributed by atoms with E-state index in [1.165, 1.54) is 38.5 Å². The van der Waals surface area contributed by atoms with E-state index in [2.05, 4.69) is 17.2 Å². The second-order valence-electron chi connectivity index (χ2n) is 5.54. The maximum absolute atomic E-state index is 5.96. The van der Waals surface area contributed by atoms with E-state index >= 15 is 0 Å². The summed E-state index contributed by atoms with van der Waals surface area (Å²) < 4.78 is 0. The molecule has 0 amide bonds. The lowest BCUT2D eigenvalue weighted by Crippen LogP contribution is -2.27. The predicted molar refractivity (Wildman–Crippen MR) is 77.7 cm³/mol. The highest BCUT2D eigenvalue weighted by atomic mass is 15.0. The average Bonchev–Trinajstić information content (AvgIpc) is 2.37. The minimum Gasteiger partial charge on any atom is -0.396 e. The van der Waals surface area contributed by atoms with Crippen LogP contribution in [0.1, 0.15) is 51.1 Å². The highest BCUT2D eigenvalue weighted by Gasteiger charge is 2.21. The third-order valence-corrected chi connectivity index (χ3v) is 3.95. The van der Waals surface area contributed by atoms with E-state index in [4.69, 9.17) is 5.73 Å². The third-order valence-electron chi connectivity index (χ3n) is 3.95. The molecule has 1 heterocycles. The van der Waals surface area contributed by atoms with Crippen LogP contribution in [0.25, 0.3) is 0 Å². The van der Waals surface area contributed by atoms with Crippen molar-refractivity contribution >= 4 is 11.5 Å². The van der Waals surface area contributed by atoms with Crippen LogP contribution in [0.3, 0.4) is 0 Å². The van der Waals surface area contributed by atoms with E-state index in [9.17, 15) is 0 Å². The number of nitrogens with one attached hydrogen (secondary N) is 1. The molecule has 3 heteroatoms. The quantitative estimate of drug-likeness (QED) is 0.852. The van der Waals surface area contributed by atoms with E-state index in [-0.39, 0.29) is 0 Å². The number of rotatable bonds is 4. The summed E-state index contributed by atoms with van der Waals surface area (Å²) in [6, 6.07) is 4.45. The fourth-order valence-electron chi connectivity index (χ4n) is 2.88. The molecule has 3 N–H and O–H groups in total. The van der Waals surface area contributed by atoms with Crippen LogP contribution in [0, 0.1) is 12.8 Å². The first kappa shape index (κ1) is 13.2. The molecule has 1 aliphatic carbocycles. The molecule has 0 spiro atoms. The fourth-order valence-corrected chi connectivity index (χ4v) is 2.88. The van der Waals surface area contributed by atoms with Gasteiger partial charge in [-0.25, -0.2) is 4.98 Å². The molecule has 100 valence electrons. The van der Waals surface area contributed by atoms with Gasteiger partial charge >= 0.3 is 0 Å². The summed E-state index contributed by atoms with van der Waals surface area (Å²) in [6.45, 7) is 4.28. The number of aromatic nitrogens is 1. The topological polar surface area (TPSA) is 50.9 Å². The Bertz CT molecular complexity index is 381. The molecule has 3 nitrogen and oxygen atoms in total. The zero-order valence-corrected chi connectivity index (χ0v) is 11.6. The molecule has 0 atom stereocenters. The van der Waals surface area contributed by atoms with E-state index in [1.54, 1.807) is 0 Å². The first-order chi connectivity index (χ1) is 8.69. The molecular weight excluding hydrogens is 222 g/mol. The molecule has 2 rings (SSSR count). The molecule has 0 saturated heterocycles. The van der Waals surface area contributed by atoms with Crippen molar-refractivity contribution in [3.63, 3.8) is 0 Å². The maximum atomic E-state index is 5.96. The van der Waals surface area contributed by atoms with Gasteiger partial charge in [0.25, 0.3) is 0 Å². The van der Waals surface area contributed by atoms with Gasteiger partial charge in [-0.05, 0) is 50.7 Å². The van der Waals surface area contributed by atoms with Crippen LogP contribution in [-0.2, 0) is 0 Å². The van der Waals surface area contributed by atoms with Crippen LogP contribution in [0.15, 0.2) is 12.1 Å². The number of hydrogen-bond acceptors (Lipinski definition) is 3. The molecule has 0 radical (unpaired) electrons. The van der Waals surface area contributed by atoms with Crippen LogP contribution in [0.5, 0.6) is 0 Å². The fraction of sp³-hybridized carbons (Fsp3) is 0.667. The number of nitrogen functional groups attached to an aromatic ring is 1. The highest BCUT2D eigenvalue weighted by molar-refractivity contribution is 5.61.